The molecule has 0 atom stereocenters. The summed E-state index contributed by atoms with van der Waals surface area (Å²) in [6.45, 7) is 3.72. The Morgan fingerprint density at radius 3 is 2.73 bits per heavy atom. The Kier molecular flexibility index (Phi) is 6.83. The van der Waals surface area contributed by atoms with Crippen molar-refractivity contribution < 1.29 is 9.84 Å². The number of aromatic nitrogens is 3. The molecule has 1 fully saturated rings. The lowest BCUT2D eigenvalue weighted by atomic mass is 10.1. The van der Waals surface area contributed by atoms with E-state index in [0.717, 1.165) is 50.3 Å². The fourth-order valence-corrected chi connectivity index (χ4v) is 3.69. The molecule has 0 spiro atoms. The molecular weight excluding hydrogens is 372 g/mol. The molecule has 0 amide bonds. The van der Waals surface area contributed by atoms with Gasteiger partial charge in [-0.3, -0.25) is 9.47 Å². The Hall–Kier alpha value is -1.25. The molecule has 3 rings (SSSR count). The van der Waals surface area contributed by atoms with Crippen molar-refractivity contribution in [2.75, 3.05) is 26.8 Å². The van der Waals surface area contributed by atoms with Crippen LogP contribution in [0.15, 0.2) is 24.3 Å². The maximum absolute atomic E-state index is 9.70. The largest absolute Gasteiger partial charge is 0.393 e. The molecule has 1 aromatic carbocycles. The van der Waals surface area contributed by atoms with Gasteiger partial charge in [-0.2, -0.15) is 5.10 Å². The van der Waals surface area contributed by atoms with Gasteiger partial charge in [0.25, 0.3) is 0 Å². The lowest BCUT2D eigenvalue weighted by molar-refractivity contribution is 0.0650. The van der Waals surface area contributed by atoms with Gasteiger partial charge >= 0.3 is 0 Å². The van der Waals surface area contributed by atoms with E-state index in [1.165, 1.54) is 0 Å². The molecule has 6 nitrogen and oxygen atoms in total. The highest BCUT2D eigenvalue weighted by Crippen LogP contribution is 2.27. The van der Waals surface area contributed by atoms with Gasteiger partial charge < -0.3 is 9.84 Å². The number of aliphatic hydroxyl groups excluding tert-OH is 1. The summed E-state index contributed by atoms with van der Waals surface area (Å²) in [6.07, 6.45) is 2.24. The zero-order chi connectivity index (χ0) is 18.5. The fourth-order valence-electron chi connectivity index (χ4n) is 3.19. The molecule has 1 aliphatic heterocycles. The molecule has 8 heteroatoms. The predicted molar refractivity (Wildman–Crippen MR) is 105 cm³/mol. The van der Waals surface area contributed by atoms with Crippen LogP contribution in [0.25, 0.3) is 11.4 Å². The number of nitrogens with zero attached hydrogens (tertiary/aromatic N) is 4. The highest BCUT2D eigenvalue weighted by Gasteiger charge is 2.20. The molecule has 1 saturated heterocycles. The molecular formula is C18H25ClN4O2S. The fraction of sp³-hybridized carbons (Fsp3) is 0.556. The van der Waals surface area contributed by atoms with Crippen molar-refractivity contribution >= 4 is 23.8 Å². The third-order valence-electron chi connectivity index (χ3n) is 4.66. The molecule has 0 bridgehead atoms. The summed E-state index contributed by atoms with van der Waals surface area (Å²) in [4.78, 5) is 2.27. The normalized spacial score (nSPS) is 16.3. The van der Waals surface area contributed by atoms with Gasteiger partial charge in [0.15, 0.2) is 10.6 Å². The molecule has 0 aliphatic carbocycles. The van der Waals surface area contributed by atoms with E-state index < -0.39 is 0 Å². The van der Waals surface area contributed by atoms with Crippen LogP contribution in [0.1, 0.15) is 19.3 Å². The average molecular weight is 397 g/mol. The average Bonchev–Trinajstić information content (AvgIpc) is 2.94. The molecule has 26 heavy (non-hydrogen) atoms. The van der Waals surface area contributed by atoms with Crippen LogP contribution in [0.2, 0.25) is 5.02 Å². The van der Waals surface area contributed by atoms with Gasteiger partial charge in [0.1, 0.15) is 0 Å². The summed E-state index contributed by atoms with van der Waals surface area (Å²) in [5.41, 5.74) is 0.880. The summed E-state index contributed by atoms with van der Waals surface area (Å²) < 4.78 is 9.76. The van der Waals surface area contributed by atoms with E-state index in [9.17, 15) is 5.11 Å². The van der Waals surface area contributed by atoms with Crippen molar-refractivity contribution in [2.24, 2.45) is 0 Å². The van der Waals surface area contributed by atoms with Crippen LogP contribution in [0.3, 0.4) is 0 Å². The minimum absolute atomic E-state index is 0.190. The first kappa shape index (κ1) is 19.5. The van der Waals surface area contributed by atoms with Crippen LogP contribution in [0.5, 0.6) is 0 Å². The number of halogens is 1. The monoisotopic (exact) mass is 396 g/mol. The maximum atomic E-state index is 9.70. The number of piperidine rings is 1. The van der Waals surface area contributed by atoms with Gasteiger partial charge in [-0.1, -0.05) is 23.7 Å². The Labute approximate surface area is 163 Å². The second-order valence-corrected chi connectivity index (χ2v) is 7.35. The molecule has 142 valence electrons. The highest BCUT2D eigenvalue weighted by molar-refractivity contribution is 7.71. The molecule has 1 N–H and O–H groups in total. The summed E-state index contributed by atoms with van der Waals surface area (Å²) in [7, 11) is 1.70. The number of ether oxygens (including phenoxy) is 1. The van der Waals surface area contributed by atoms with Crippen molar-refractivity contribution in [1.29, 1.82) is 0 Å². The zero-order valence-electron chi connectivity index (χ0n) is 15.0. The number of aliphatic hydroxyl groups is 1. The lowest BCUT2D eigenvalue weighted by Gasteiger charge is -2.28. The van der Waals surface area contributed by atoms with E-state index in [-0.39, 0.29) is 6.10 Å². The van der Waals surface area contributed by atoms with Gasteiger partial charge in [0.2, 0.25) is 0 Å². The van der Waals surface area contributed by atoms with Crippen molar-refractivity contribution in [2.45, 2.75) is 38.6 Å². The minimum atomic E-state index is -0.190. The second kappa shape index (κ2) is 9.10. The van der Waals surface area contributed by atoms with Gasteiger partial charge in [0, 0.05) is 38.9 Å². The maximum Gasteiger partial charge on any atom is 0.199 e. The van der Waals surface area contributed by atoms with Crippen molar-refractivity contribution in [3.63, 3.8) is 0 Å². The van der Waals surface area contributed by atoms with E-state index in [0.29, 0.717) is 23.1 Å². The number of rotatable bonds is 7. The van der Waals surface area contributed by atoms with Crippen LogP contribution in [0, 0.1) is 4.77 Å². The van der Waals surface area contributed by atoms with Crippen LogP contribution in [0.4, 0.5) is 0 Å². The van der Waals surface area contributed by atoms with Crippen molar-refractivity contribution in [3.05, 3.63) is 34.1 Å². The first-order valence-corrected chi connectivity index (χ1v) is 9.70. The number of methoxy groups -OCH3 is 1. The van der Waals surface area contributed by atoms with E-state index in [4.69, 9.17) is 33.7 Å². The highest BCUT2D eigenvalue weighted by atomic mass is 35.5. The third-order valence-corrected chi connectivity index (χ3v) is 5.42. The number of benzene rings is 1. The van der Waals surface area contributed by atoms with Crippen molar-refractivity contribution in [1.82, 2.24) is 19.2 Å². The zero-order valence-corrected chi connectivity index (χ0v) is 16.5. The van der Waals surface area contributed by atoms with Gasteiger partial charge in [-0.05, 0) is 43.6 Å². The van der Waals surface area contributed by atoms with Crippen LogP contribution >= 0.6 is 23.8 Å². The molecule has 0 saturated carbocycles. The van der Waals surface area contributed by atoms with E-state index in [1.54, 1.807) is 7.11 Å². The SMILES string of the molecule is COCCCn1c(-c2ccccc2Cl)nn(CN2CCC(O)CC2)c1=S. The molecule has 2 aromatic rings. The summed E-state index contributed by atoms with van der Waals surface area (Å²) in [5.74, 6) is 0.786. The summed E-state index contributed by atoms with van der Waals surface area (Å²) in [6, 6.07) is 7.69. The summed E-state index contributed by atoms with van der Waals surface area (Å²) >= 11 is 12.1. The standard InChI is InChI=1S/C18H25ClN4O2S/c1-25-12-4-9-22-17(15-5-2-3-6-16(15)19)20-23(18(22)26)13-21-10-7-14(24)8-11-21/h2-3,5-6,14,24H,4,7-13H2,1H3. The van der Waals surface area contributed by atoms with Gasteiger partial charge in [-0.25, -0.2) is 4.68 Å². The number of likely N-dealkylation sites (tertiary alicyclic amines) is 1. The van der Waals surface area contributed by atoms with E-state index in [2.05, 4.69) is 4.90 Å². The minimum Gasteiger partial charge on any atom is -0.393 e. The first-order chi connectivity index (χ1) is 12.6. The van der Waals surface area contributed by atoms with Crippen molar-refractivity contribution in [3.8, 4) is 11.4 Å². The first-order valence-electron chi connectivity index (χ1n) is 8.92. The lowest BCUT2D eigenvalue weighted by Crippen LogP contribution is -2.37. The third kappa shape index (κ3) is 4.53. The Bertz CT molecular complexity index is 784. The van der Waals surface area contributed by atoms with E-state index in [1.807, 2.05) is 33.5 Å². The Balaban J connectivity index is 1.89. The summed E-state index contributed by atoms with van der Waals surface area (Å²) in [5, 5.41) is 15.1. The van der Waals surface area contributed by atoms with Crippen LogP contribution in [-0.2, 0) is 18.0 Å². The van der Waals surface area contributed by atoms with Crippen LogP contribution < -0.4 is 0 Å². The van der Waals surface area contributed by atoms with Gasteiger partial charge in [-0.15, -0.1) is 0 Å². The number of hydrogen-bond acceptors (Lipinski definition) is 5. The molecule has 1 aromatic heterocycles. The topological polar surface area (TPSA) is 55.5 Å². The molecule has 0 radical (unpaired) electrons. The Morgan fingerprint density at radius 2 is 2.04 bits per heavy atom. The number of hydrogen-bond donors (Lipinski definition) is 1. The smallest absolute Gasteiger partial charge is 0.199 e. The van der Waals surface area contributed by atoms with Crippen LogP contribution in [-0.4, -0.2) is 57.3 Å². The molecule has 0 unspecified atom stereocenters. The molecule has 2 heterocycles. The predicted octanol–water partition coefficient (Wildman–Crippen LogP) is 3.19. The van der Waals surface area contributed by atoms with E-state index >= 15 is 0 Å². The van der Waals surface area contributed by atoms with Gasteiger partial charge in [0.05, 0.1) is 17.8 Å². The Morgan fingerprint density at radius 1 is 1.31 bits per heavy atom. The molecule has 1 aliphatic rings. The second-order valence-electron chi connectivity index (χ2n) is 6.57. The quantitative estimate of drug-likeness (QED) is 0.575.